The van der Waals surface area contributed by atoms with E-state index in [1.165, 1.54) is 6.08 Å². The van der Waals surface area contributed by atoms with Gasteiger partial charge in [-0.2, -0.15) is 0 Å². The van der Waals surface area contributed by atoms with Crippen molar-refractivity contribution in [2.24, 2.45) is 0 Å². The molecule has 0 radical (unpaired) electrons. The second-order valence-electron chi connectivity index (χ2n) is 4.80. The van der Waals surface area contributed by atoms with Crippen LogP contribution >= 0.6 is 11.6 Å². The highest BCUT2D eigenvalue weighted by molar-refractivity contribution is 7.95. The van der Waals surface area contributed by atoms with Gasteiger partial charge in [-0.15, -0.1) is 0 Å². The van der Waals surface area contributed by atoms with Gasteiger partial charge in [0.2, 0.25) is 0 Å². The van der Waals surface area contributed by atoms with E-state index in [1.54, 1.807) is 30.3 Å². The summed E-state index contributed by atoms with van der Waals surface area (Å²) in [6.45, 7) is 3.92. The summed E-state index contributed by atoms with van der Waals surface area (Å²) < 4.78 is 26.6. The van der Waals surface area contributed by atoms with Crippen LogP contribution in [0.1, 0.15) is 16.7 Å². The van der Waals surface area contributed by atoms with Crippen molar-refractivity contribution in [2.75, 3.05) is 4.72 Å². The van der Waals surface area contributed by atoms with Crippen LogP contribution in [-0.4, -0.2) is 8.42 Å². The summed E-state index contributed by atoms with van der Waals surface area (Å²) in [4.78, 5) is 0. The first-order chi connectivity index (χ1) is 9.85. The summed E-state index contributed by atoms with van der Waals surface area (Å²) in [5, 5.41) is 1.76. The Morgan fingerprint density at radius 3 is 2.29 bits per heavy atom. The Hall–Kier alpha value is -1.78. The molecule has 0 aromatic heterocycles. The summed E-state index contributed by atoms with van der Waals surface area (Å²) in [5.41, 5.74) is 3.48. The molecule has 0 aliphatic carbocycles. The van der Waals surface area contributed by atoms with Gasteiger partial charge in [0.1, 0.15) is 0 Å². The second kappa shape index (κ2) is 6.33. The molecule has 0 fully saturated rings. The van der Waals surface area contributed by atoms with Gasteiger partial charge in [0.15, 0.2) is 0 Å². The minimum atomic E-state index is -3.54. The normalized spacial score (nSPS) is 11.8. The molecule has 2 rings (SSSR count). The van der Waals surface area contributed by atoms with Gasteiger partial charge in [0, 0.05) is 10.7 Å². The van der Waals surface area contributed by atoms with Crippen LogP contribution in [-0.2, 0) is 10.0 Å². The summed E-state index contributed by atoms with van der Waals surface area (Å²) in [5.74, 6) is 0. The Morgan fingerprint density at radius 1 is 1.00 bits per heavy atom. The Bertz CT molecular complexity index is 765. The standard InChI is InChI=1S/C16H16ClNO2S/c1-12-3-8-16(11-13(12)2)18-21(19,20)10-9-14-4-6-15(17)7-5-14/h3-11,18H,1-2H3/b10-9+. The Labute approximate surface area is 130 Å². The van der Waals surface area contributed by atoms with E-state index in [9.17, 15) is 8.42 Å². The molecule has 0 bridgehead atoms. The van der Waals surface area contributed by atoms with Gasteiger partial charge in [-0.3, -0.25) is 4.72 Å². The first kappa shape index (κ1) is 15.6. The lowest BCUT2D eigenvalue weighted by atomic mass is 10.1. The zero-order valence-electron chi connectivity index (χ0n) is 11.8. The molecule has 0 aliphatic heterocycles. The quantitative estimate of drug-likeness (QED) is 0.909. The molecule has 2 aromatic carbocycles. The zero-order valence-corrected chi connectivity index (χ0v) is 13.4. The molecule has 0 heterocycles. The topological polar surface area (TPSA) is 46.2 Å². The number of aryl methyl sites for hydroxylation is 2. The molecule has 0 atom stereocenters. The summed E-state index contributed by atoms with van der Waals surface area (Å²) >= 11 is 5.78. The lowest BCUT2D eigenvalue weighted by Crippen LogP contribution is -2.09. The smallest absolute Gasteiger partial charge is 0.255 e. The molecule has 1 N–H and O–H groups in total. The van der Waals surface area contributed by atoms with Gasteiger partial charge in [0.25, 0.3) is 10.0 Å². The largest absolute Gasteiger partial charge is 0.280 e. The van der Waals surface area contributed by atoms with Gasteiger partial charge < -0.3 is 0 Å². The van der Waals surface area contributed by atoms with Gasteiger partial charge in [-0.1, -0.05) is 29.8 Å². The number of sulfonamides is 1. The Balaban J connectivity index is 2.14. The molecule has 5 heteroatoms. The summed E-state index contributed by atoms with van der Waals surface area (Å²) in [7, 11) is -3.54. The molecule has 0 saturated carbocycles. The third-order valence-electron chi connectivity index (χ3n) is 3.08. The average molecular weight is 322 g/mol. The molecule has 0 spiro atoms. The molecule has 0 saturated heterocycles. The summed E-state index contributed by atoms with van der Waals surface area (Å²) in [6, 6.07) is 12.4. The Kier molecular flexibility index (Phi) is 4.70. The number of benzene rings is 2. The van der Waals surface area contributed by atoms with E-state index in [2.05, 4.69) is 4.72 Å². The predicted octanol–water partition coefficient (Wildman–Crippen LogP) is 4.37. The van der Waals surface area contributed by atoms with Crippen LogP contribution in [0.25, 0.3) is 6.08 Å². The highest BCUT2D eigenvalue weighted by atomic mass is 35.5. The van der Waals surface area contributed by atoms with E-state index < -0.39 is 10.0 Å². The number of anilines is 1. The number of rotatable bonds is 4. The van der Waals surface area contributed by atoms with Gasteiger partial charge >= 0.3 is 0 Å². The van der Waals surface area contributed by atoms with E-state index >= 15 is 0 Å². The number of hydrogen-bond acceptors (Lipinski definition) is 2. The third kappa shape index (κ3) is 4.62. The first-order valence-electron chi connectivity index (χ1n) is 6.39. The number of halogens is 1. The maximum Gasteiger partial charge on any atom is 0.255 e. The average Bonchev–Trinajstić information content (AvgIpc) is 2.42. The van der Waals surface area contributed by atoms with Crippen LogP contribution in [0.5, 0.6) is 0 Å². The van der Waals surface area contributed by atoms with Crippen molar-refractivity contribution in [3.63, 3.8) is 0 Å². The maximum absolute atomic E-state index is 12.0. The van der Waals surface area contributed by atoms with E-state index in [0.717, 1.165) is 22.1 Å². The van der Waals surface area contributed by atoms with Crippen molar-refractivity contribution in [3.05, 3.63) is 69.6 Å². The van der Waals surface area contributed by atoms with Crippen LogP contribution in [0.3, 0.4) is 0 Å². The van der Waals surface area contributed by atoms with Crippen LogP contribution in [0, 0.1) is 13.8 Å². The maximum atomic E-state index is 12.0. The van der Waals surface area contributed by atoms with Crippen molar-refractivity contribution < 1.29 is 8.42 Å². The SMILES string of the molecule is Cc1ccc(NS(=O)(=O)/C=C/c2ccc(Cl)cc2)cc1C. The van der Waals surface area contributed by atoms with Crippen molar-refractivity contribution in [1.29, 1.82) is 0 Å². The third-order valence-corrected chi connectivity index (χ3v) is 4.34. The fourth-order valence-electron chi connectivity index (χ4n) is 1.75. The van der Waals surface area contributed by atoms with Gasteiger partial charge in [-0.25, -0.2) is 8.42 Å². The number of hydrogen-bond donors (Lipinski definition) is 1. The Morgan fingerprint density at radius 2 is 1.67 bits per heavy atom. The fraction of sp³-hybridized carbons (Fsp3) is 0.125. The van der Waals surface area contributed by atoms with E-state index in [0.29, 0.717) is 10.7 Å². The van der Waals surface area contributed by atoms with Crippen LogP contribution in [0.15, 0.2) is 47.9 Å². The molecule has 3 nitrogen and oxygen atoms in total. The summed E-state index contributed by atoms with van der Waals surface area (Å²) in [6.07, 6.45) is 1.53. The fourth-order valence-corrected chi connectivity index (χ4v) is 2.73. The predicted molar refractivity (Wildman–Crippen MR) is 88.9 cm³/mol. The zero-order chi connectivity index (χ0) is 15.5. The van der Waals surface area contributed by atoms with Crippen LogP contribution in [0.2, 0.25) is 5.02 Å². The number of nitrogens with one attached hydrogen (secondary N) is 1. The van der Waals surface area contributed by atoms with E-state index in [1.807, 2.05) is 26.0 Å². The molecular formula is C16H16ClNO2S. The highest BCUT2D eigenvalue weighted by Gasteiger charge is 2.06. The minimum absolute atomic E-state index is 0.554. The lowest BCUT2D eigenvalue weighted by Gasteiger charge is -2.07. The second-order valence-corrected chi connectivity index (χ2v) is 6.80. The molecule has 0 unspecified atom stereocenters. The lowest BCUT2D eigenvalue weighted by molar-refractivity contribution is 0.609. The van der Waals surface area contributed by atoms with Crippen molar-refractivity contribution in [3.8, 4) is 0 Å². The first-order valence-corrected chi connectivity index (χ1v) is 8.32. The monoisotopic (exact) mass is 321 g/mol. The van der Waals surface area contributed by atoms with E-state index in [-0.39, 0.29) is 0 Å². The minimum Gasteiger partial charge on any atom is -0.280 e. The van der Waals surface area contributed by atoms with Crippen molar-refractivity contribution in [2.45, 2.75) is 13.8 Å². The molecule has 2 aromatic rings. The van der Waals surface area contributed by atoms with Gasteiger partial charge in [0.05, 0.1) is 5.41 Å². The highest BCUT2D eigenvalue weighted by Crippen LogP contribution is 2.16. The van der Waals surface area contributed by atoms with Crippen molar-refractivity contribution >= 4 is 33.4 Å². The molecular weight excluding hydrogens is 306 g/mol. The molecule has 0 aliphatic rings. The van der Waals surface area contributed by atoms with E-state index in [4.69, 9.17) is 11.6 Å². The molecule has 0 amide bonds. The molecule has 110 valence electrons. The van der Waals surface area contributed by atoms with Crippen molar-refractivity contribution in [1.82, 2.24) is 0 Å². The van der Waals surface area contributed by atoms with Crippen LogP contribution in [0.4, 0.5) is 5.69 Å². The van der Waals surface area contributed by atoms with Crippen LogP contribution < -0.4 is 4.72 Å². The molecule has 21 heavy (non-hydrogen) atoms. The van der Waals surface area contributed by atoms with Gasteiger partial charge in [-0.05, 0) is 60.9 Å².